The maximum Gasteiger partial charge on any atom is 0.171 e. The Kier molecular flexibility index (Phi) is 7.47. The molecule has 0 saturated carbocycles. The Morgan fingerprint density at radius 1 is 1.00 bits per heavy atom. The molecule has 0 saturated heterocycles. The molecule has 2 aromatic rings. The second-order valence-electron chi connectivity index (χ2n) is 4.29. The van der Waals surface area contributed by atoms with Gasteiger partial charge in [0.2, 0.25) is 0 Å². The zero-order valence-electron chi connectivity index (χ0n) is 13.4. The molecule has 118 valence electrons. The van der Waals surface area contributed by atoms with E-state index in [1.807, 2.05) is 26.0 Å². The lowest BCUT2D eigenvalue weighted by molar-refractivity contribution is 0.0989. The van der Waals surface area contributed by atoms with Gasteiger partial charge in [-0.2, -0.15) is 0 Å². The number of carbonyl (C=O) groups is 1. The van der Waals surface area contributed by atoms with E-state index in [-0.39, 0.29) is 5.78 Å². The summed E-state index contributed by atoms with van der Waals surface area (Å²) < 4.78 is 10.4. The van der Waals surface area contributed by atoms with Crippen LogP contribution in [0.5, 0.6) is 11.5 Å². The fraction of sp³-hybridized carbons (Fsp3) is 0.278. The lowest BCUT2D eigenvalue weighted by Crippen LogP contribution is -2.06. The average Bonchev–Trinajstić information content (AvgIpc) is 2.58. The van der Waals surface area contributed by atoms with Crippen molar-refractivity contribution in [3.8, 4) is 11.5 Å². The van der Waals surface area contributed by atoms with Gasteiger partial charge >= 0.3 is 0 Å². The SMILES string of the molecule is CC.COc1ccc(OC)c(C(=O)Cc2ccc(Cl)cc2)c1. The topological polar surface area (TPSA) is 35.5 Å². The predicted molar refractivity (Wildman–Crippen MR) is 90.4 cm³/mol. The molecule has 0 unspecified atom stereocenters. The maximum atomic E-state index is 12.4. The third-order valence-corrected chi connectivity index (χ3v) is 3.24. The Morgan fingerprint density at radius 2 is 1.64 bits per heavy atom. The number of carbonyl (C=O) groups excluding carboxylic acids is 1. The van der Waals surface area contributed by atoms with Gasteiger partial charge in [-0.25, -0.2) is 0 Å². The largest absolute Gasteiger partial charge is 0.497 e. The molecule has 22 heavy (non-hydrogen) atoms. The molecule has 0 aromatic heterocycles. The van der Waals surface area contributed by atoms with Crippen LogP contribution in [0.1, 0.15) is 29.8 Å². The van der Waals surface area contributed by atoms with E-state index in [2.05, 4.69) is 0 Å². The summed E-state index contributed by atoms with van der Waals surface area (Å²) in [7, 11) is 3.11. The highest BCUT2D eigenvalue weighted by atomic mass is 35.5. The molecular formula is C18H21ClO3. The minimum atomic E-state index is -0.0249. The predicted octanol–water partition coefficient (Wildman–Crippen LogP) is 4.81. The van der Waals surface area contributed by atoms with E-state index in [4.69, 9.17) is 21.1 Å². The normalized spacial score (nSPS) is 9.50. The lowest BCUT2D eigenvalue weighted by atomic mass is 10.0. The van der Waals surface area contributed by atoms with Crippen LogP contribution >= 0.6 is 11.6 Å². The van der Waals surface area contributed by atoms with Gasteiger partial charge in [-0.15, -0.1) is 0 Å². The molecule has 0 fully saturated rings. The summed E-state index contributed by atoms with van der Waals surface area (Å²) in [6, 6.07) is 12.4. The quantitative estimate of drug-likeness (QED) is 0.742. The van der Waals surface area contributed by atoms with Gasteiger partial charge in [-0.3, -0.25) is 4.79 Å². The summed E-state index contributed by atoms with van der Waals surface area (Å²) in [5.74, 6) is 1.15. The number of hydrogen-bond donors (Lipinski definition) is 0. The summed E-state index contributed by atoms with van der Waals surface area (Å²) in [5.41, 5.74) is 1.42. The Labute approximate surface area is 136 Å². The summed E-state index contributed by atoms with van der Waals surface area (Å²) in [6.45, 7) is 4.00. The number of methoxy groups -OCH3 is 2. The number of rotatable bonds is 5. The van der Waals surface area contributed by atoms with Crippen molar-refractivity contribution in [2.75, 3.05) is 14.2 Å². The van der Waals surface area contributed by atoms with Gasteiger partial charge in [-0.1, -0.05) is 37.6 Å². The summed E-state index contributed by atoms with van der Waals surface area (Å²) in [4.78, 5) is 12.4. The first-order valence-electron chi connectivity index (χ1n) is 7.13. The zero-order valence-corrected chi connectivity index (χ0v) is 14.1. The molecule has 2 aromatic carbocycles. The molecule has 4 heteroatoms. The van der Waals surface area contributed by atoms with E-state index in [0.717, 1.165) is 5.56 Å². The van der Waals surface area contributed by atoms with Crippen LogP contribution in [0, 0.1) is 0 Å². The monoisotopic (exact) mass is 320 g/mol. The highest BCUT2D eigenvalue weighted by Gasteiger charge is 2.14. The van der Waals surface area contributed by atoms with Crippen LogP contribution in [0.3, 0.4) is 0 Å². The van der Waals surface area contributed by atoms with Crippen molar-refractivity contribution in [2.24, 2.45) is 0 Å². The number of ketones is 1. The first kappa shape index (κ1) is 18.1. The van der Waals surface area contributed by atoms with Crippen LogP contribution in [0.15, 0.2) is 42.5 Å². The Morgan fingerprint density at radius 3 is 2.18 bits per heavy atom. The van der Waals surface area contributed by atoms with Crippen molar-refractivity contribution < 1.29 is 14.3 Å². The smallest absolute Gasteiger partial charge is 0.171 e. The standard InChI is InChI=1S/C16H15ClO3.C2H6/c1-19-13-7-8-16(20-2)14(10-13)15(18)9-11-3-5-12(17)6-4-11;1-2/h3-8,10H,9H2,1-2H3;1-2H3. The summed E-state index contributed by atoms with van der Waals surface area (Å²) >= 11 is 5.83. The highest BCUT2D eigenvalue weighted by Crippen LogP contribution is 2.25. The molecular weight excluding hydrogens is 300 g/mol. The van der Waals surface area contributed by atoms with Gasteiger partial charge in [-0.05, 0) is 35.9 Å². The molecule has 0 spiro atoms. The van der Waals surface area contributed by atoms with Crippen molar-refractivity contribution in [1.29, 1.82) is 0 Å². The van der Waals surface area contributed by atoms with Crippen molar-refractivity contribution in [3.63, 3.8) is 0 Å². The van der Waals surface area contributed by atoms with E-state index in [9.17, 15) is 4.79 Å². The van der Waals surface area contributed by atoms with E-state index < -0.39 is 0 Å². The van der Waals surface area contributed by atoms with Gasteiger partial charge < -0.3 is 9.47 Å². The van der Waals surface area contributed by atoms with Crippen molar-refractivity contribution in [1.82, 2.24) is 0 Å². The molecule has 0 amide bonds. The average molecular weight is 321 g/mol. The van der Waals surface area contributed by atoms with Gasteiger partial charge in [0, 0.05) is 11.4 Å². The van der Waals surface area contributed by atoms with Crippen LogP contribution in [0.4, 0.5) is 0 Å². The maximum absolute atomic E-state index is 12.4. The molecule has 3 nitrogen and oxygen atoms in total. The van der Waals surface area contributed by atoms with Gasteiger partial charge in [0.15, 0.2) is 5.78 Å². The minimum Gasteiger partial charge on any atom is -0.497 e. The van der Waals surface area contributed by atoms with Gasteiger partial charge in [0.05, 0.1) is 19.8 Å². The summed E-state index contributed by atoms with van der Waals surface area (Å²) in [5, 5.41) is 0.653. The second kappa shape index (κ2) is 9.11. The molecule has 0 radical (unpaired) electrons. The fourth-order valence-corrected chi connectivity index (χ4v) is 2.04. The van der Waals surface area contributed by atoms with Crippen molar-refractivity contribution in [3.05, 3.63) is 58.6 Å². The van der Waals surface area contributed by atoms with E-state index in [1.54, 1.807) is 44.6 Å². The number of halogens is 1. The second-order valence-corrected chi connectivity index (χ2v) is 4.73. The highest BCUT2D eigenvalue weighted by molar-refractivity contribution is 6.30. The third-order valence-electron chi connectivity index (χ3n) is 2.98. The Bertz CT molecular complexity index is 606. The first-order chi connectivity index (χ1) is 10.6. The summed E-state index contributed by atoms with van der Waals surface area (Å²) in [6.07, 6.45) is 0.292. The third kappa shape index (κ3) is 4.78. The molecule has 0 aliphatic rings. The molecule has 2 rings (SSSR count). The lowest BCUT2D eigenvalue weighted by Gasteiger charge is -2.09. The Hall–Kier alpha value is -2.00. The van der Waals surface area contributed by atoms with Gasteiger partial charge in [0.25, 0.3) is 0 Å². The van der Waals surface area contributed by atoms with E-state index in [1.165, 1.54) is 0 Å². The number of ether oxygens (including phenoxy) is 2. The zero-order chi connectivity index (χ0) is 16.5. The van der Waals surface area contributed by atoms with Crippen molar-refractivity contribution >= 4 is 17.4 Å². The number of hydrogen-bond acceptors (Lipinski definition) is 3. The molecule has 0 bridgehead atoms. The van der Waals surface area contributed by atoms with Crippen LogP contribution in [0.2, 0.25) is 5.02 Å². The Balaban J connectivity index is 0.00000116. The molecule has 0 aliphatic heterocycles. The first-order valence-corrected chi connectivity index (χ1v) is 7.51. The van der Waals surface area contributed by atoms with E-state index >= 15 is 0 Å². The number of Topliss-reactive ketones (excluding diaryl/α,β-unsaturated/α-hetero) is 1. The van der Waals surface area contributed by atoms with Crippen LogP contribution < -0.4 is 9.47 Å². The molecule has 0 N–H and O–H groups in total. The van der Waals surface area contributed by atoms with E-state index in [0.29, 0.717) is 28.5 Å². The minimum absolute atomic E-state index is 0.0249. The number of benzene rings is 2. The van der Waals surface area contributed by atoms with Crippen LogP contribution in [-0.2, 0) is 6.42 Å². The molecule has 0 aliphatic carbocycles. The molecule has 0 atom stereocenters. The van der Waals surface area contributed by atoms with Crippen LogP contribution in [0.25, 0.3) is 0 Å². The molecule has 0 heterocycles. The fourth-order valence-electron chi connectivity index (χ4n) is 1.91. The van der Waals surface area contributed by atoms with Gasteiger partial charge in [0.1, 0.15) is 11.5 Å². The van der Waals surface area contributed by atoms with Crippen molar-refractivity contribution in [2.45, 2.75) is 20.3 Å². The van der Waals surface area contributed by atoms with Crippen LogP contribution in [-0.4, -0.2) is 20.0 Å².